The van der Waals surface area contributed by atoms with Crippen molar-refractivity contribution in [1.29, 1.82) is 0 Å². The Kier molecular flexibility index (Phi) is 10.1. The van der Waals surface area contributed by atoms with Crippen LogP contribution in [0.5, 0.6) is 11.5 Å². The monoisotopic (exact) mass is 416 g/mol. The molecule has 1 N–H and O–H groups in total. The summed E-state index contributed by atoms with van der Waals surface area (Å²) < 4.78 is 10.8. The first kappa shape index (κ1) is 24.1. The molecule has 0 amide bonds. The zero-order chi connectivity index (χ0) is 21.9. The minimum absolute atomic E-state index is 0.182. The molecule has 0 bridgehead atoms. The number of allylic oxidation sites excluding steroid dienone is 2. The predicted molar refractivity (Wildman–Crippen MR) is 119 cm³/mol. The number of aliphatic hydroxyl groups is 1. The van der Waals surface area contributed by atoms with E-state index in [-0.39, 0.29) is 28.4 Å². The molecule has 166 valence electrons. The summed E-state index contributed by atoms with van der Waals surface area (Å²) in [6.07, 6.45) is 14.6. The summed E-state index contributed by atoms with van der Waals surface area (Å²) in [5.74, 6) is -0.0399. The molecule has 1 aromatic carbocycles. The molecule has 0 fully saturated rings. The SMILES string of the molecule is CCCCCCCCCCCCC(O)c1cc(OC)c2c(c1OC)C(=O)C=CC2=O. The second-order valence-corrected chi connectivity index (χ2v) is 8.00. The van der Waals surface area contributed by atoms with Crippen LogP contribution in [0.2, 0.25) is 0 Å². The number of ether oxygens (including phenoxy) is 2. The number of rotatable bonds is 14. The fourth-order valence-electron chi connectivity index (χ4n) is 4.07. The molecule has 0 heterocycles. The van der Waals surface area contributed by atoms with Crippen molar-refractivity contribution in [3.63, 3.8) is 0 Å². The van der Waals surface area contributed by atoms with Gasteiger partial charge >= 0.3 is 0 Å². The maximum absolute atomic E-state index is 12.4. The number of carbonyl (C=O) groups is 2. The smallest absolute Gasteiger partial charge is 0.190 e. The normalized spacial score (nSPS) is 14.0. The zero-order valence-corrected chi connectivity index (χ0v) is 18.7. The average Bonchev–Trinajstić information content (AvgIpc) is 2.76. The molecule has 5 nitrogen and oxygen atoms in total. The van der Waals surface area contributed by atoms with Crippen molar-refractivity contribution in [2.75, 3.05) is 14.2 Å². The van der Waals surface area contributed by atoms with Gasteiger partial charge in [0.25, 0.3) is 0 Å². The van der Waals surface area contributed by atoms with Crippen LogP contribution in [0, 0.1) is 0 Å². The lowest BCUT2D eigenvalue weighted by molar-refractivity contribution is 0.0987. The molecule has 0 saturated carbocycles. The lowest BCUT2D eigenvalue weighted by Crippen LogP contribution is -2.17. The maximum Gasteiger partial charge on any atom is 0.190 e. The minimum atomic E-state index is -0.776. The number of methoxy groups -OCH3 is 2. The summed E-state index contributed by atoms with van der Waals surface area (Å²) in [6.45, 7) is 2.23. The highest BCUT2D eigenvalue weighted by Gasteiger charge is 2.31. The van der Waals surface area contributed by atoms with Gasteiger partial charge < -0.3 is 14.6 Å². The summed E-state index contributed by atoms with van der Waals surface area (Å²) in [6, 6.07) is 1.63. The van der Waals surface area contributed by atoms with E-state index in [1.54, 1.807) is 6.07 Å². The Balaban J connectivity index is 1.93. The number of aliphatic hydroxyl groups excluding tert-OH is 1. The van der Waals surface area contributed by atoms with Gasteiger partial charge in [0.15, 0.2) is 11.6 Å². The van der Waals surface area contributed by atoms with Crippen LogP contribution in [0.25, 0.3) is 0 Å². The van der Waals surface area contributed by atoms with E-state index >= 15 is 0 Å². The van der Waals surface area contributed by atoms with Crippen molar-refractivity contribution < 1.29 is 24.2 Å². The Morgan fingerprint density at radius 3 is 1.87 bits per heavy atom. The van der Waals surface area contributed by atoms with Crippen molar-refractivity contribution >= 4 is 11.6 Å². The first-order valence-electron chi connectivity index (χ1n) is 11.3. The zero-order valence-electron chi connectivity index (χ0n) is 18.7. The van der Waals surface area contributed by atoms with E-state index in [0.29, 0.717) is 17.7 Å². The van der Waals surface area contributed by atoms with Crippen LogP contribution < -0.4 is 9.47 Å². The van der Waals surface area contributed by atoms with Gasteiger partial charge in [-0.1, -0.05) is 71.1 Å². The Morgan fingerprint density at radius 2 is 1.33 bits per heavy atom. The summed E-state index contributed by atoms with van der Waals surface area (Å²) >= 11 is 0. The average molecular weight is 417 g/mol. The third kappa shape index (κ3) is 6.18. The number of hydrogen-bond donors (Lipinski definition) is 1. The number of carbonyl (C=O) groups excluding carboxylic acids is 2. The summed E-state index contributed by atoms with van der Waals surface area (Å²) in [5.41, 5.74) is 0.888. The Hall–Kier alpha value is -2.14. The molecule has 0 aliphatic heterocycles. The number of benzene rings is 1. The Morgan fingerprint density at radius 1 is 0.800 bits per heavy atom. The first-order chi connectivity index (χ1) is 14.5. The molecule has 1 atom stereocenters. The summed E-state index contributed by atoms with van der Waals surface area (Å²) in [5, 5.41) is 10.8. The molecular weight excluding hydrogens is 380 g/mol. The number of hydrogen-bond acceptors (Lipinski definition) is 5. The molecule has 1 unspecified atom stereocenters. The van der Waals surface area contributed by atoms with E-state index in [0.717, 1.165) is 12.8 Å². The summed E-state index contributed by atoms with van der Waals surface area (Å²) in [7, 11) is 2.91. The molecule has 1 aliphatic rings. The third-order valence-corrected chi connectivity index (χ3v) is 5.77. The van der Waals surface area contributed by atoms with Gasteiger partial charge in [0.2, 0.25) is 0 Å². The number of unbranched alkanes of at least 4 members (excludes halogenated alkanes) is 9. The molecule has 30 heavy (non-hydrogen) atoms. The maximum atomic E-state index is 12.4. The van der Waals surface area contributed by atoms with Gasteiger partial charge in [-0.3, -0.25) is 9.59 Å². The van der Waals surface area contributed by atoms with E-state index in [4.69, 9.17) is 9.47 Å². The lowest BCUT2D eigenvalue weighted by Gasteiger charge is -2.22. The van der Waals surface area contributed by atoms with Crippen LogP contribution >= 0.6 is 0 Å². The van der Waals surface area contributed by atoms with Gasteiger partial charge in [-0.25, -0.2) is 0 Å². The van der Waals surface area contributed by atoms with Crippen LogP contribution in [-0.4, -0.2) is 30.9 Å². The van der Waals surface area contributed by atoms with Gasteiger partial charge in [-0.2, -0.15) is 0 Å². The number of fused-ring (bicyclic) bond motifs is 1. The molecule has 0 spiro atoms. The lowest BCUT2D eigenvalue weighted by atomic mass is 9.88. The van der Waals surface area contributed by atoms with Crippen LogP contribution in [0.3, 0.4) is 0 Å². The van der Waals surface area contributed by atoms with Crippen LogP contribution in [0.1, 0.15) is 110 Å². The first-order valence-corrected chi connectivity index (χ1v) is 11.3. The fraction of sp³-hybridized carbons (Fsp3) is 0.600. The van der Waals surface area contributed by atoms with E-state index in [1.807, 2.05) is 0 Å². The molecule has 2 rings (SSSR count). The minimum Gasteiger partial charge on any atom is -0.496 e. The topological polar surface area (TPSA) is 72.8 Å². The molecule has 1 aromatic rings. The van der Waals surface area contributed by atoms with Crippen molar-refractivity contribution in [2.24, 2.45) is 0 Å². The van der Waals surface area contributed by atoms with E-state index in [1.165, 1.54) is 77.7 Å². The second kappa shape index (κ2) is 12.5. The Bertz CT molecular complexity index is 750. The van der Waals surface area contributed by atoms with Gasteiger partial charge in [0.1, 0.15) is 11.5 Å². The summed E-state index contributed by atoms with van der Waals surface area (Å²) in [4.78, 5) is 24.7. The van der Waals surface area contributed by atoms with Crippen molar-refractivity contribution in [3.05, 3.63) is 34.9 Å². The quantitative estimate of drug-likeness (QED) is 0.378. The second-order valence-electron chi connectivity index (χ2n) is 8.00. The molecule has 0 radical (unpaired) electrons. The van der Waals surface area contributed by atoms with Gasteiger partial charge in [0.05, 0.1) is 31.5 Å². The molecular formula is C25H36O5. The van der Waals surface area contributed by atoms with Crippen LogP contribution in [-0.2, 0) is 0 Å². The van der Waals surface area contributed by atoms with Crippen molar-refractivity contribution in [2.45, 2.75) is 83.7 Å². The highest BCUT2D eigenvalue weighted by molar-refractivity contribution is 6.24. The third-order valence-electron chi connectivity index (χ3n) is 5.77. The van der Waals surface area contributed by atoms with Gasteiger partial charge in [-0.15, -0.1) is 0 Å². The molecule has 0 saturated heterocycles. The highest BCUT2D eigenvalue weighted by Crippen LogP contribution is 2.41. The predicted octanol–water partition coefficient (Wildman–Crippen LogP) is 5.98. The van der Waals surface area contributed by atoms with E-state index in [2.05, 4.69) is 6.92 Å². The highest BCUT2D eigenvalue weighted by atomic mass is 16.5. The van der Waals surface area contributed by atoms with Gasteiger partial charge in [0, 0.05) is 5.56 Å². The van der Waals surface area contributed by atoms with Gasteiger partial charge in [-0.05, 0) is 24.6 Å². The van der Waals surface area contributed by atoms with Crippen LogP contribution in [0.4, 0.5) is 0 Å². The largest absolute Gasteiger partial charge is 0.496 e. The van der Waals surface area contributed by atoms with Crippen LogP contribution in [0.15, 0.2) is 18.2 Å². The fourth-order valence-corrected chi connectivity index (χ4v) is 4.07. The van der Waals surface area contributed by atoms with Crippen molar-refractivity contribution in [3.8, 4) is 11.5 Å². The number of ketones is 2. The van der Waals surface area contributed by atoms with E-state index in [9.17, 15) is 14.7 Å². The Labute approximate surface area is 180 Å². The molecule has 0 aromatic heterocycles. The molecule has 5 heteroatoms. The standard InChI is InChI=1S/C25H36O5/c1-4-5-6-7-8-9-10-11-12-13-14-19(26)18-17-22(29-2)23-20(27)15-16-21(28)24(23)25(18)30-3/h15-17,19,26H,4-14H2,1-3H3. The van der Waals surface area contributed by atoms with Crippen molar-refractivity contribution in [1.82, 2.24) is 0 Å². The van der Waals surface area contributed by atoms with E-state index < -0.39 is 6.10 Å². The molecule has 1 aliphatic carbocycles.